The summed E-state index contributed by atoms with van der Waals surface area (Å²) in [5.74, 6) is 0.834. The van der Waals surface area contributed by atoms with Gasteiger partial charge in [0.15, 0.2) is 5.96 Å². The highest BCUT2D eigenvalue weighted by Gasteiger charge is 2.08. The van der Waals surface area contributed by atoms with Gasteiger partial charge in [-0.2, -0.15) is 0 Å². The smallest absolute Gasteiger partial charge is 0.194 e. The zero-order valence-corrected chi connectivity index (χ0v) is 14.0. The summed E-state index contributed by atoms with van der Waals surface area (Å²) < 4.78 is 0. The molecule has 21 heavy (non-hydrogen) atoms. The zero-order valence-electron chi connectivity index (χ0n) is 12.4. The van der Waals surface area contributed by atoms with Crippen molar-refractivity contribution in [1.29, 1.82) is 0 Å². The highest BCUT2D eigenvalue weighted by Crippen LogP contribution is 2.11. The predicted octanol–water partition coefficient (Wildman–Crippen LogP) is 3.31. The zero-order chi connectivity index (χ0) is 15.2. The lowest BCUT2D eigenvalue weighted by atomic mass is 10.2. The van der Waals surface area contributed by atoms with Crippen LogP contribution in [0.1, 0.15) is 16.3 Å². The van der Waals surface area contributed by atoms with Gasteiger partial charge in [0.05, 0.1) is 17.2 Å². The van der Waals surface area contributed by atoms with Crippen LogP contribution in [0.25, 0.3) is 0 Å². The second-order valence-electron chi connectivity index (χ2n) is 4.74. The van der Waals surface area contributed by atoms with E-state index in [0.29, 0.717) is 6.54 Å². The molecule has 6 heteroatoms. The highest BCUT2D eigenvalue weighted by molar-refractivity contribution is 7.09. The third-order valence-electron chi connectivity index (χ3n) is 2.98. The molecule has 0 fully saturated rings. The summed E-state index contributed by atoms with van der Waals surface area (Å²) in [5, 5.41) is 7.24. The summed E-state index contributed by atoms with van der Waals surface area (Å²) in [7, 11) is 3.78. The Morgan fingerprint density at radius 2 is 2.29 bits per heavy atom. The van der Waals surface area contributed by atoms with E-state index in [0.717, 1.165) is 33.8 Å². The number of aryl methyl sites for hydroxylation is 1. The minimum atomic E-state index is 0.688. The summed E-state index contributed by atoms with van der Waals surface area (Å²) in [5.41, 5.74) is 2.19. The Bertz CT molecular complexity index is 624. The van der Waals surface area contributed by atoms with Crippen molar-refractivity contribution in [2.24, 2.45) is 4.99 Å². The standard InChI is InChI=1S/C15H19ClN4S/c1-11-19-14(10-21-11)9-20(3)15(17-2)18-8-12-5-4-6-13(16)7-12/h4-7,10H,8-9H2,1-3H3,(H,17,18). The van der Waals surface area contributed by atoms with Gasteiger partial charge in [-0.15, -0.1) is 11.3 Å². The molecule has 0 unspecified atom stereocenters. The quantitative estimate of drug-likeness (QED) is 0.693. The van der Waals surface area contributed by atoms with Gasteiger partial charge >= 0.3 is 0 Å². The third kappa shape index (κ3) is 4.72. The number of rotatable bonds is 4. The average molecular weight is 323 g/mol. The van der Waals surface area contributed by atoms with Gasteiger partial charge in [0.2, 0.25) is 0 Å². The largest absolute Gasteiger partial charge is 0.352 e. The Hall–Kier alpha value is -1.59. The number of hydrogen-bond donors (Lipinski definition) is 1. The fourth-order valence-corrected chi connectivity index (χ4v) is 2.83. The summed E-state index contributed by atoms with van der Waals surface area (Å²) in [6.07, 6.45) is 0. The maximum atomic E-state index is 5.99. The SMILES string of the molecule is CN=C(NCc1cccc(Cl)c1)N(C)Cc1csc(C)n1. The molecule has 2 aromatic rings. The van der Waals surface area contributed by atoms with Gasteiger partial charge in [-0.25, -0.2) is 4.98 Å². The van der Waals surface area contributed by atoms with Crippen LogP contribution in [0, 0.1) is 6.92 Å². The van der Waals surface area contributed by atoms with Gasteiger partial charge in [0, 0.05) is 31.0 Å². The second-order valence-corrected chi connectivity index (χ2v) is 6.24. The van der Waals surface area contributed by atoms with Crippen LogP contribution < -0.4 is 5.32 Å². The number of benzene rings is 1. The minimum absolute atomic E-state index is 0.688. The molecule has 0 atom stereocenters. The van der Waals surface area contributed by atoms with Crippen molar-refractivity contribution in [3.8, 4) is 0 Å². The number of thiazole rings is 1. The van der Waals surface area contributed by atoms with Crippen LogP contribution in [-0.2, 0) is 13.1 Å². The lowest BCUT2D eigenvalue weighted by molar-refractivity contribution is 0.470. The first-order chi connectivity index (χ1) is 10.1. The van der Waals surface area contributed by atoms with Gasteiger partial charge in [-0.1, -0.05) is 23.7 Å². The number of hydrogen-bond acceptors (Lipinski definition) is 3. The first-order valence-corrected chi connectivity index (χ1v) is 7.91. The molecular formula is C15H19ClN4S. The molecule has 0 aliphatic carbocycles. The van der Waals surface area contributed by atoms with Crippen LogP contribution in [0.15, 0.2) is 34.6 Å². The number of nitrogens with zero attached hydrogens (tertiary/aromatic N) is 3. The van der Waals surface area contributed by atoms with E-state index in [1.54, 1.807) is 18.4 Å². The molecule has 0 radical (unpaired) electrons. The molecule has 1 N–H and O–H groups in total. The summed E-state index contributed by atoms with van der Waals surface area (Å²) in [6, 6.07) is 7.81. The fraction of sp³-hybridized carbons (Fsp3) is 0.333. The maximum Gasteiger partial charge on any atom is 0.194 e. The number of guanidine groups is 1. The van der Waals surface area contributed by atoms with Gasteiger partial charge in [0.25, 0.3) is 0 Å². The van der Waals surface area contributed by atoms with E-state index in [1.807, 2.05) is 38.2 Å². The molecule has 0 spiro atoms. The Kier molecular flexibility index (Phi) is 5.59. The molecule has 0 saturated carbocycles. The molecule has 1 heterocycles. The lowest BCUT2D eigenvalue weighted by Gasteiger charge is -2.21. The molecule has 0 aliphatic rings. The van der Waals surface area contributed by atoms with E-state index < -0.39 is 0 Å². The van der Waals surface area contributed by atoms with E-state index >= 15 is 0 Å². The number of nitrogens with one attached hydrogen (secondary N) is 1. The number of aromatic nitrogens is 1. The summed E-state index contributed by atoms with van der Waals surface area (Å²) in [6.45, 7) is 3.44. The Morgan fingerprint density at radius 1 is 1.48 bits per heavy atom. The van der Waals surface area contributed by atoms with Crippen molar-refractivity contribution in [1.82, 2.24) is 15.2 Å². The van der Waals surface area contributed by atoms with Crippen molar-refractivity contribution in [3.05, 3.63) is 50.9 Å². The first kappa shape index (κ1) is 15.8. The Labute approximate surface area is 134 Å². The van der Waals surface area contributed by atoms with Crippen LogP contribution in [0.5, 0.6) is 0 Å². The van der Waals surface area contributed by atoms with Crippen molar-refractivity contribution in [3.63, 3.8) is 0 Å². The molecule has 0 amide bonds. The van der Waals surface area contributed by atoms with Crippen LogP contribution in [0.3, 0.4) is 0 Å². The highest BCUT2D eigenvalue weighted by atomic mass is 35.5. The van der Waals surface area contributed by atoms with E-state index in [9.17, 15) is 0 Å². The van der Waals surface area contributed by atoms with Crippen molar-refractivity contribution < 1.29 is 0 Å². The summed E-state index contributed by atoms with van der Waals surface area (Å²) >= 11 is 7.66. The second kappa shape index (κ2) is 7.43. The van der Waals surface area contributed by atoms with Crippen molar-refractivity contribution >= 4 is 28.9 Å². The monoisotopic (exact) mass is 322 g/mol. The van der Waals surface area contributed by atoms with Crippen LogP contribution in [-0.4, -0.2) is 29.9 Å². The average Bonchev–Trinajstić information content (AvgIpc) is 2.85. The van der Waals surface area contributed by atoms with Crippen LogP contribution in [0.4, 0.5) is 0 Å². The van der Waals surface area contributed by atoms with Gasteiger partial charge < -0.3 is 10.2 Å². The molecule has 4 nitrogen and oxygen atoms in total. The van der Waals surface area contributed by atoms with Crippen LogP contribution in [0.2, 0.25) is 5.02 Å². The number of aliphatic imine (C=N–C) groups is 1. The van der Waals surface area contributed by atoms with Gasteiger partial charge in [0.1, 0.15) is 0 Å². The minimum Gasteiger partial charge on any atom is -0.352 e. The fourth-order valence-electron chi connectivity index (χ4n) is 2.01. The van der Waals surface area contributed by atoms with E-state index in [1.165, 1.54) is 0 Å². The molecule has 2 rings (SSSR count). The molecule has 1 aromatic carbocycles. The molecule has 1 aromatic heterocycles. The topological polar surface area (TPSA) is 40.5 Å². The maximum absolute atomic E-state index is 5.99. The first-order valence-electron chi connectivity index (χ1n) is 6.65. The normalized spacial score (nSPS) is 11.5. The summed E-state index contributed by atoms with van der Waals surface area (Å²) in [4.78, 5) is 10.8. The van der Waals surface area contributed by atoms with E-state index in [4.69, 9.17) is 11.6 Å². The van der Waals surface area contributed by atoms with Crippen molar-refractivity contribution in [2.45, 2.75) is 20.0 Å². The van der Waals surface area contributed by atoms with Crippen LogP contribution >= 0.6 is 22.9 Å². The molecular weight excluding hydrogens is 304 g/mol. The van der Waals surface area contributed by atoms with E-state index in [-0.39, 0.29) is 0 Å². The van der Waals surface area contributed by atoms with E-state index in [2.05, 4.69) is 25.6 Å². The van der Waals surface area contributed by atoms with Gasteiger partial charge in [-0.3, -0.25) is 4.99 Å². The number of halogens is 1. The van der Waals surface area contributed by atoms with Crippen molar-refractivity contribution in [2.75, 3.05) is 14.1 Å². The predicted molar refractivity (Wildman–Crippen MR) is 90.0 cm³/mol. The molecule has 112 valence electrons. The lowest BCUT2D eigenvalue weighted by Crippen LogP contribution is -2.38. The third-order valence-corrected chi connectivity index (χ3v) is 4.04. The Morgan fingerprint density at radius 3 is 2.90 bits per heavy atom. The Balaban J connectivity index is 1.93. The molecule has 0 aliphatic heterocycles. The molecule has 0 saturated heterocycles. The van der Waals surface area contributed by atoms with Gasteiger partial charge in [-0.05, 0) is 24.6 Å². The molecule has 0 bridgehead atoms.